The first-order valence-corrected chi connectivity index (χ1v) is 13.4. The standard InChI is InChI=1S/C30H27BrN2O5/c1-18-14-22(11-13-26(18)31)32-27(34)17-38-30(37)21-8-5-9-23(15-21)33-28(35)24-12-10-20(16-25(24)29(33)36)19-6-3-2-4-7-19/h2-9,11,13-15,20,24-25H,10,12,16-17H2,1H3,(H,32,34)/t20-,24+,25+/m0/s1. The third kappa shape index (κ3) is 5.27. The summed E-state index contributed by atoms with van der Waals surface area (Å²) in [5.74, 6) is -2.11. The van der Waals surface area contributed by atoms with Crippen LogP contribution in [-0.4, -0.2) is 30.3 Å². The van der Waals surface area contributed by atoms with Gasteiger partial charge in [-0.05, 0) is 79.6 Å². The Kier molecular flexibility index (Phi) is 7.42. The molecule has 3 atom stereocenters. The summed E-state index contributed by atoms with van der Waals surface area (Å²) in [6.07, 6.45) is 2.14. The van der Waals surface area contributed by atoms with Gasteiger partial charge in [0.1, 0.15) is 0 Å². The predicted octanol–water partition coefficient (Wildman–Crippen LogP) is 5.63. The maximum atomic E-state index is 13.4. The molecular formula is C30H27BrN2O5. The highest BCUT2D eigenvalue weighted by Gasteiger charge is 2.50. The number of fused-ring (bicyclic) bond motifs is 1. The van der Waals surface area contributed by atoms with Crippen molar-refractivity contribution >= 4 is 51.0 Å². The van der Waals surface area contributed by atoms with Crippen LogP contribution in [0.1, 0.15) is 46.7 Å². The summed E-state index contributed by atoms with van der Waals surface area (Å²) >= 11 is 3.41. The van der Waals surface area contributed by atoms with Crippen molar-refractivity contribution < 1.29 is 23.9 Å². The minimum atomic E-state index is -0.713. The molecule has 1 aliphatic heterocycles. The van der Waals surface area contributed by atoms with Crippen LogP contribution in [0.5, 0.6) is 0 Å². The summed E-state index contributed by atoms with van der Waals surface area (Å²) in [4.78, 5) is 52.8. The van der Waals surface area contributed by atoms with Crippen LogP contribution in [0.25, 0.3) is 0 Å². The normalized spacial score (nSPS) is 20.7. The largest absolute Gasteiger partial charge is 0.452 e. The molecule has 3 aromatic rings. The molecule has 2 aliphatic rings. The van der Waals surface area contributed by atoms with Gasteiger partial charge in [0, 0.05) is 10.2 Å². The number of ether oxygens (including phenoxy) is 1. The number of carbonyl (C=O) groups is 4. The van der Waals surface area contributed by atoms with Crippen molar-refractivity contribution in [3.63, 3.8) is 0 Å². The lowest BCUT2D eigenvalue weighted by Crippen LogP contribution is -2.31. The van der Waals surface area contributed by atoms with Gasteiger partial charge in [-0.1, -0.05) is 52.3 Å². The molecule has 1 aliphatic carbocycles. The monoisotopic (exact) mass is 574 g/mol. The summed E-state index contributed by atoms with van der Waals surface area (Å²) < 4.78 is 6.12. The van der Waals surface area contributed by atoms with Crippen LogP contribution in [0.15, 0.2) is 77.3 Å². The third-order valence-corrected chi connectivity index (χ3v) is 8.20. The number of benzene rings is 3. The Morgan fingerprint density at radius 2 is 1.71 bits per heavy atom. The molecule has 0 spiro atoms. The van der Waals surface area contributed by atoms with E-state index < -0.39 is 18.5 Å². The molecule has 0 unspecified atom stereocenters. The Labute approximate surface area is 229 Å². The summed E-state index contributed by atoms with van der Waals surface area (Å²) in [5, 5.41) is 2.69. The molecule has 38 heavy (non-hydrogen) atoms. The summed E-state index contributed by atoms with van der Waals surface area (Å²) in [5.41, 5.74) is 3.24. The van der Waals surface area contributed by atoms with E-state index in [1.807, 2.05) is 31.2 Å². The van der Waals surface area contributed by atoms with Gasteiger partial charge in [-0.3, -0.25) is 19.3 Å². The first-order valence-electron chi connectivity index (χ1n) is 12.6. The molecule has 7 nitrogen and oxygen atoms in total. The minimum absolute atomic E-state index is 0.160. The minimum Gasteiger partial charge on any atom is -0.452 e. The first kappa shape index (κ1) is 25.9. The highest BCUT2D eigenvalue weighted by Crippen LogP contribution is 2.45. The average molecular weight is 575 g/mol. The van der Waals surface area contributed by atoms with Crippen molar-refractivity contribution in [1.82, 2.24) is 0 Å². The van der Waals surface area contributed by atoms with Crippen molar-refractivity contribution in [3.8, 4) is 0 Å². The van der Waals surface area contributed by atoms with E-state index in [2.05, 4.69) is 33.4 Å². The molecule has 8 heteroatoms. The molecule has 5 rings (SSSR count). The van der Waals surface area contributed by atoms with Crippen molar-refractivity contribution in [3.05, 3.63) is 94.0 Å². The van der Waals surface area contributed by atoms with Gasteiger partial charge in [0.2, 0.25) is 11.8 Å². The average Bonchev–Trinajstić information content (AvgIpc) is 3.19. The lowest BCUT2D eigenvalue weighted by Gasteiger charge is -2.28. The van der Waals surface area contributed by atoms with E-state index in [0.717, 1.165) is 16.5 Å². The zero-order valence-corrected chi connectivity index (χ0v) is 22.4. The lowest BCUT2D eigenvalue weighted by molar-refractivity contribution is -0.122. The van der Waals surface area contributed by atoms with E-state index in [1.54, 1.807) is 24.3 Å². The Hall–Kier alpha value is -3.78. The van der Waals surface area contributed by atoms with Crippen LogP contribution in [0.3, 0.4) is 0 Å². The van der Waals surface area contributed by atoms with Crippen LogP contribution >= 0.6 is 15.9 Å². The van der Waals surface area contributed by atoms with Gasteiger partial charge in [-0.25, -0.2) is 4.79 Å². The maximum absolute atomic E-state index is 13.4. The van der Waals surface area contributed by atoms with Crippen LogP contribution in [0, 0.1) is 18.8 Å². The number of nitrogens with zero attached hydrogens (tertiary/aromatic N) is 1. The molecule has 3 aromatic carbocycles. The Morgan fingerprint density at radius 3 is 2.47 bits per heavy atom. The molecule has 1 heterocycles. The predicted molar refractivity (Wildman–Crippen MR) is 147 cm³/mol. The molecule has 2 fully saturated rings. The topological polar surface area (TPSA) is 92.8 Å². The van der Waals surface area contributed by atoms with E-state index in [0.29, 0.717) is 24.2 Å². The quantitative estimate of drug-likeness (QED) is 0.304. The number of imide groups is 1. The Bertz CT molecular complexity index is 1410. The van der Waals surface area contributed by atoms with Crippen molar-refractivity contribution in [2.24, 2.45) is 11.8 Å². The van der Waals surface area contributed by atoms with Gasteiger partial charge in [0.15, 0.2) is 6.61 Å². The molecule has 1 saturated carbocycles. The molecule has 1 N–H and O–H groups in total. The Balaban J connectivity index is 1.24. The van der Waals surface area contributed by atoms with Crippen molar-refractivity contribution in [1.29, 1.82) is 0 Å². The summed E-state index contributed by atoms with van der Waals surface area (Å²) in [6, 6.07) is 21.7. The van der Waals surface area contributed by atoms with Gasteiger partial charge >= 0.3 is 5.97 Å². The molecule has 1 saturated heterocycles. The van der Waals surface area contributed by atoms with E-state index in [4.69, 9.17) is 4.74 Å². The number of rotatable bonds is 6. The van der Waals surface area contributed by atoms with Gasteiger partial charge < -0.3 is 10.1 Å². The number of hydrogen-bond acceptors (Lipinski definition) is 5. The van der Waals surface area contributed by atoms with Crippen LogP contribution in [-0.2, 0) is 19.1 Å². The first-order chi connectivity index (χ1) is 18.3. The second-order valence-corrected chi connectivity index (χ2v) is 10.6. The molecule has 0 bridgehead atoms. The fourth-order valence-electron chi connectivity index (χ4n) is 5.37. The fraction of sp³-hybridized carbons (Fsp3) is 0.267. The van der Waals surface area contributed by atoms with E-state index in [-0.39, 0.29) is 35.1 Å². The third-order valence-electron chi connectivity index (χ3n) is 7.31. The van der Waals surface area contributed by atoms with E-state index >= 15 is 0 Å². The molecule has 0 aromatic heterocycles. The van der Waals surface area contributed by atoms with Crippen LogP contribution in [0.2, 0.25) is 0 Å². The molecule has 3 amide bonds. The van der Waals surface area contributed by atoms with Gasteiger partial charge in [-0.2, -0.15) is 0 Å². The number of halogens is 1. The highest BCUT2D eigenvalue weighted by molar-refractivity contribution is 9.10. The second kappa shape index (κ2) is 10.9. The van der Waals surface area contributed by atoms with E-state index in [1.165, 1.54) is 22.6 Å². The van der Waals surface area contributed by atoms with Gasteiger partial charge in [0.05, 0.1) is 23.1 Å². The summed E-state index contributed by atoms with van der Waals surface area (Å²) in [7, 11) is 0. The zero-order chi connectivity index (χ0) is 26.8. The number of amides is 3. The zero-order valence-electron chi connectivity index (χ0n) is 20.9. The smallest absolute Gasteiger partial charge is 0.338 e. The van der Waals surface area contributed by atoms with Crippen molar-refractivity contribution in [2.75, 3.05) is 16.8 Å². The SMILES string of the molecule is Cc1cc(NC(=O)COC(=O)c2cccc(N3C(=O)[C@@H]4CC[C@H](c5ccccc5)C[C@H]4C3=O)c2)ccc1Br. The number of nitrogens with one attached hydrogen (secondary N) is 1. The summed E-state index contributed by atoms with van der Waals surface area (Å²) in [6.45, 7) is 1.43. The number of esters is 1. The number of carbonyl (C=O) groups excluding carboxylic acids is 4. The maximum Gasteiger partial charge on any atom is 0.338 e. The van der Waals surface area contributed by atoms with Crippen molar-refractivity contribution in [2.45, 2.75) is 32.1 Å². The number of aryl methyl sites for hydroxylation is 1. The highest BCUT2D eigenvalue weighted by atomic mass is 79.9. The fourth-order valence-corrected chi connectivity index (χ4v) is 5.61. The van der Waals surface area contributed by atoms with Crippen LogP contribution < -0.4 is 10.2 Å². The number of anilines is 2. The lowest BCUT2D eigenvalue weighted by atomic mass is 9.73. The molecule has 194 valence electrons. The van der Waals surface area contributed by atoms with Crippen LogP contribution in [0.4, 0.5) is 11.4 Å². The number of hydrogen-bond donors (Lipinski definition) is 1. The van der Waals surface area contributed by atoms with Gasteiger partial charge in [0.25, 0.3) is 5.91 Å². The molecule has 0 radical (unpaired) electrons. The Morgan fingerprint density at radius 1 is 0.947 bits per heavy atom. The van der Waals surface area contributed by atoms with E-state index in [9.17, 15) is 19.2 Å². The van der Waals surface area contributed by atoms with Gasteiger partial charge in [-0.15, -0.1) is 0 Å². The second-order valence-electron chi connectivity index (χ2n) is 9.78. The molecular weight excluding hydrogens is 548 g/mol.